The number of nitrogens with zero attached hydrogens (tertiary/aromatic N) is 3. The summed E-state index contributed by atoms with van der Waals surface area (Å²) in [6, 6.07) is 9.64. The highest BCUT2D eigenvalue weighted by Crippen LogP contribution is 2.25. The summed E-state index contributed by atoms with van der Waals surface area (Å²) in [6.45, 7) is 2.01. The van der Waals surface area contributed by atoms with E-state index in [1.807, 2.05) is 50.2 Å². The Morgan fingerprint density at radius 2 is 2.00 bits per heavy atom. The number of halogens is 1. The van der Waals surface area contributed by atoms with E-state index in [1.165, 1.54) is 0 Å². The minimum atomic E-state index is 0.551. The first-order valence-corrected chi connectivity index (χ1v) is 6.86. The topological polar surface area (TPSA) is 38.2 Å². The zero-order valence-corrected chi connectivity index (χ0v) is 12.8. The average molecular weight is 322 g/mol. The summed E-state index contributed by atoms with van der Waals surface area (Å²) in [5, 5.41) is 0. The van der Waals surface area contributed by atoms with E-state index < -0.39 is 0 Å². The van der Waals surface area contributed by atoms with Crippen molar-refractivity contribution in [1.29, 1.82) is 0 Å². The molecule has 0 radical (unpaired) electrons. The van der Waals surface area contributed by atoms with Crippen LogP contribution in [-0.2, 0) is 6.42 Å². The Bertz CT molecular complexity index is 572. The fourth-order valence-electron chi connectivity index (χ4n) is 1.60. The number of ether oxygens (including phenoxy) is 1. The van der Waals surface area contributed by atoms with Crippen LogP contribution in [0.2, 0.25) is 0 Å². The number of hydrogen-bond donors (Lipinski definition) is 0. The highest BCUT2D eigenvalue weighted by Gasteiger charge is 2.05. The smallest absolute Gasteiger partial charge is 0.223 e. The molecule has 5 heteroatoms. The molecule has 1 aromatic heterocycles. The quantitative estimate of drug-likeness (QED) is 0.805. The van der Waals surface area contributed by atoms with Crippen molar-refractivity contribution in [3.05, 3.63) is 40.8 Å². The van der Waals surface area contributed by atoms with Crippen LogP contribution in [0.4, 0.5) is 5.69 Å². The predicted octanol–water partition coefficient (Wildman–Crippen LogP) is 3.66. The third kappa shape index (κ3) is 3.67. The third-order valence-electron chi connectivity index (χ3n) is 2.59. The van der Waals surface area contributed by atoms with Crippen LogP contribution >= 0.6 is 15.9 Å². The van der Waals surface area contributed by atoms with Crippen molar-refractivity contribution in [3.8, 4) is 11.6 Å². The molecule has 0 saturated carbocycles. The largest absolute Gasteiger partial charge is 0.439 e. The van der Waals surface area contributed by atoms with Crippen LogP contribution < -0.4 is 9.64 Å². The van der Waals surface area contributed by atoms with Crippen molar-refractivity contribution in [1.82, 2.24) is 9.97 Å². The Morgan fingerprint density at radius 1 is 1.21 bits per heavy atom. The van der Waals surface area contributed by atoms with Crippen LogP contribution in [0.25, 0.3) is 0 Å². The van der Waals surface area contributed by atoms with E-state index in [2.05, 4.69) is 25.9 Å². The Kier molecular flexibility index (Phi) is 4.37. The fraction of sp³-hybridized carbons (Fsp3) is 0.286. The second-order valence-corrected chi connectivity index (χ2v) is 5.11. The van der Waals surface area contributed by atoms with Crippen molar-refractivity contribution < 1.29 is 4.74 Å². The summed E-state index contributed by atoms with van der Waals surface area (Å²) in [7, 11) is 3.99. The molecule has 0 bridgehead atoms. The van der Waals surface area contributed by atoms with Gasteiger partial charge in [0.2, 0.25) is 5.88 Å². The maximum Gasteiger partial charge on any atom is 0.223 e. The highest BCUT2D eigenvalue weighted by molar-refractivity contribution is 9.10. The summed E-state index contributed by atoms with van der Waals surface area (Å²) in [5.74, 6) is 2.07. The molecule has 0 saturated heterocycles. The summed E-state index contributed by atoms with van der Waals surface area (Å²) in [6.07, 6.45) is 0.771. The standard InChI is InChI=1S/C14H16BrN3O/c1-4-13-16-12(15)9-14(17-13)19-11-7-5-6-10(8-11)18(2)3/h5-9H,4H2,1-3H3. The molecule has 0 N–H and O–H groups in total. The Balaban J connectivity index is 2.25. The highest BCUT2D eigenvalue weighted by atomic mass is 79.9. The second kappa shape index (κ2) is 6.02. The van der Waals surface area contributed by atoms with Gasteiger partial charge in [0.05, 0.1) is 0 Å². The monoisotopic (exact) mass is 321 g/mol. The Hall–Kier alpha value is -1.62. The van der Waals surface area contributed by atoms with Crippen molar-refractivity contribution in [2.45, 2.75) is 13.3 Å². The Morgan fingerprint density at radius 3 is 2.68 bits per heavy atom. The lowest BCUT2D eigenvalue weighted by molar-refractivity contribution is 0.458. The molecule has 19 heavy (non-hydrogen) atoms. The minimum Gasteiger partial charge on any atom is -0.439 e. The van der Waals surface area contributed by atoms with E-state index in [0.717, 1.165) is 28.3 Å². The average Bonchev–Trinajstić information content (AvgIpc) is 2.38. The number of aryl methyl sites for hydroxylation is 1. The van der Waals surface area contributed by atoms with Gasteiger partial charge in [-0.3, -0.25) is 0 Å². The van der Waals surface area contributed by atoms with Crippen molar-refractivity contribution >= 4 is 21.6 Å². The third-order valence-corrected chi connectivity index (χ3v) is 3.00. The van der Waals surface area contributed by atoms with Crippen LogP contribution in [0.15, 0.2) is 34.9 Å². The maximum absolute atomic E-state index is 5.78. The van der Waals surface area contributed by atoms with Crippen LogP contribution in [0, 0.1) is 0 Å². The predicted molar refractivity (Wildman–Crippen MR) is 80.0 cm³/mol. The maximum atomic E-state index is 5.78. The van der Waals surface area contributed by atoms with Gasteiger partial charge in [-0.25, -0.2) is 4.98 Å². The van der Waals surface area contributed by atoms with E-state index >= 15 is 0 Å². The van der Waals surface area contributed by atoms with Gasteiger partial charge in [0.15, 0.2) is 0 Å². The lowest BCUT2D eigenvalue weighted by Crippen LogP contribution is -2.08. The van der Waals surface area contributed by atoms with Crippen molar-refractivity contribution in [2.24, 2.45) is 0 Å². The lowest BCUT2D eigenvalue weighted by Gasteiger charge is -2.13. The molecular formula is C14H16BrN3O. The first kappa shape index (κ1) is 13.8. The molecule has 0 unspecified atom stereocenters. The molecular weight excluding hydrogens is 306 g/mol. The van der Waals surface area contributed by atoms with Crippen LogP contribution in [0.1, 0.15) is 12.7 Å². The summed E-state index contributed by atoms with van der Waals surface area (Å²) in [5.41, 5.74) is 1.08. The number of hydrogen-bond acceptors (Lipinski definition) is 4. The molecule has 0 atom stereocenters. The molecule has 0 fully saturated rings. The second-order valence-electron chi connectivity index (χ2n) is 4.29. The molecule has 2 rings (SSSR count). The molecule has 4 nitrogen and oxygen atoms in total. The molecule has 100 valence electrons. The summed E-state index contributed by atoms with van der Waals surface area (Å²) < 4.78 is 6.52. The summed E-state index contributed by atoms with van der Waals surface area (Å²) in [4.78, 5) is 10.6. The number of aromatic nitrogens is 2. The van der Waals surface area contributed by atoms with E-state index in [0.29, 0.717) is 5.88 Å². The minimum absolute atomic E-state index is 0.551. The van der Waals surface area contributed by atoms with E-state index in [9.17, 15) is 0 Å². The van der Waals surface area contributed by atoms with Gasteiger partial charge >= 0.3 is 0 Å². The van der Waals surface area contributed by atoms with Gasteiger partial charge in [0, 0.05) is 38.3 Å². The van der Waals surface area contributed by atoms with Gasteiger partial charge in [-0.15, -0.1) is 0 Å². The molecule has 1 aromatic carbocycles. The van der Waals surface area contributed by atoms with Crippen LogP contribution in [-0.4, -0.2) is 24.1 Å². The van der Waals surface area contributed by atoms with Crippen LogP contribution in [0.3, 0.4) is 0 Å². The first-order valence-electron chi connectivity index (χ1n) is 6.07. The van der Waals surface area contributed by atoms with Crippen LogP contribution in [0.5, 0.6) is 11.6 Å². The van der Waals surface area contributed by atoms with Gasteiger partial charge in [0.25, 0.3) is 0 Å². The van der Waals surface area contributed by atoms with Crippen molar-refractivity contribution in [2.75, 3.05) is 19.0 Å². The molecule has 1 heterocycles. The zero-order valence-electron chi connectivity index (χ0n) is 11.2. The van der Waals surface area contributed by atoms with E-state index in [1.54, 1.807) is 6.07 Å². The zero-order chi connectivity index (χ0) is 13.8. The number of benzene rings is 1. The SMILES string of the molecule is CCc1nc(Br)cc(Oc2cccc(N(C)C)c2)n1. The molecule has 0 aliphatic carbocycles. The normalized spacial score (nSPS) is 10.3. The lowest BCUT2D eigenvalue weighted by atomic mass is 10.3. The first-order chi connectivity index (χ1) is 9.08. The number of rotatable bonds is 4. The van der Waals surface area contributed by atoms with Gasteiger partial charge in [0.1, 0.15) is 16.2 Å². The van der Waals surface area contributed by atoms with Gasteiger partial charge in [-0.2, -0.15) is 4.98 Å². The molecule has 0 aliphatic heterocycles. The fourth-order valence-corrected chi connectivity index (χ4v) is 2.00. The molecule has 0 spiro atoms. The van der Waals surface area contributed by atoms with E-state index in [4.69, 9.17) is 4.74 Å². The molecule has 2 aromatic rings. The molecule has 0 amide bonds. The van der Waals surface area contributed by atoms with Gasteiger partial charge in [-0.1, -0.05) is 13.0 Å². The van der Waals surface area contributed by atoms with Gasteiger partial charge in [-0.05, 0) is 28.1 Å². The Labute approximate surface area is 121 Å². The molecule has 0 aliphatic rings. The van der Waals surface area contributed by atoms with Crippen molar-refractivity contribution in [3.63, 3.8) is 0 Å². The van der Waals surface area contributed by atoms with Gasteiger partial charge < -0.3 is 9.64 Å². The number of anilines is 1. The summed E-state index contributed by atoms with van der Waals surface area (Å²) >= 11 is 3.37. The van der Waals surface area contributed by atoms with E-state index in [-0.39, 0.29) is 0 Å².